The Balaban J connectivity index is 4.60. The summed E-state index contributed by atoms with van der Waals surface area (Å²) in [5.41, 5.74) is 0. The average Bonchev–Trinajstić information content (AvgIpc) is 2.70. The topological polar surface area (TPSA) is 78.9 Å². The fourth-order valence-corrected chi connectivity index (χ4v) is 12.2. The van der Waals surface area contributed by atoms with Crippen LogP contribution in [-0.2, 0) is 28.6 Å². The zero-order valence-electron chi connectivity index (χ0n) is 18.4. The van der Waals surface area contributed by atoms with Gasteiger partial charge in [0.1, 0.15) is 0 Å². The third-order valence-corrected chi connectivity index (χ3v) is 18.2. The normalized spacial score (nSPS) is 11.2. The Morgan fingerprint density at radius 2 is 0.897 bits per heavy atom. The van der Waals surface area contributed by atoms with Crippen LogP contribution < -0.4 is 0 Å². The van der Waals surface area contributed by atoms with E-state index >= 15 is 0 Å². The maximum absolute atomic E-state index is 12.0. The minimum atomic E-state index is -3.36. The van der Waals surface area contributed by atoms with E-state index in [0.29, 0.717) is 33.1 Å². The van der Waals surface area contributed by atoms with Crippen LogP contribution in [0.4, 0.5) is 0 Å². The fraction of sp³-hybridized carbons (Fsp3) is 0.857. The first kappa shape index (κ1) is 28.5. The molecule has 0 aromatic rings. The Bertz CT molecular complexity index is 408. The Kier molecular flexibility index (Phi) is 18.0. The van der Waals surface area contributed by atoms with Crippen LogP contribution in [0.25, 0.3) is 0 Å². The number of esters is 3. The molecule has 0 aliphatic heterocycles. The summed E-state index contributed by atoms with van der Waals surface area (Å²) in [6, 6.07) is 0. The molecule has 8 heteroatoms. The van der Waals surface area contributed by atoms with Crippen molar-refractivity contribution in [1.29, 1.82) is 0 Å². The van der Waals surface area contributed by atoms with Crippen molar-refractivity contribution in [1.82, 2.24) is 0 Å². The van der Waals surface area contributed by atoms with Gasteiger partial charge in [-0.2, -0.15) is 0 Å². The molecule has 0 aliphatic carbocycles. The molecule has 0 bridgehead atoms. The molecule has 0 spiro atoms. The van der Waals surface area contributed by atoms with Crippen LogP contribution in [0.15, 0.2) is 0 Å². The molecule has 170 valence electrons. The molecular weight excluding hydrogens is 502 g/mol. The Morgan fingerprint density at radius 3 is 1.14 bits per heavy atom. The van der Waals surface area contributed by atoms with Crippen molar-refractivity contribution in [2.45, 2.75) is 91.9 Å². The third kappa shape index (κ3) is 16.9. The molecule has 0 heterocycles. The molecule has 0 aromatic heterocycles. The second-order valence-corrected chi connectivity index (χ2v) is 23.6. The van der Waals surface area contributed by atoms with E-state index in [1.807, 2.05) is 20.8 Å². The molecule has 0 fully saturated rings. The Morgan fingerprint density at radius 1 is 0.621 bits per heavy atom. The third-order valence-electron chi connectivity index (χ3n) is 4.61. The predicted octanol–water partition coefficient (Wildman–Crippen LogP) is 5.37. The van der Waals surface area contributed by atoms with Crippen LogP contribution in [0, 0.1) is 0 Å². The van der Waals surface area contributed by atoms with Crippen molar-refractivity contribution in [3.05, 3.63) is 0 Å². The van der Waals surface area contributed by atoms with Gasteiger partial charge in [0.05, 0.1) is 0 Å². The Hall–Kier alpha value is -0.501. The Labute approximate surface area is 184 Å². The van der Waals surface area contributed by atoms with Crippen LogP contribution >= 0.6 is 8.92 Å². The first-order valence-electron chi connectivity index (χ1n) is 11.0. The van der Waals surface area contributed by atoms with Gasteiger partial charge in [-0.1, -0.05) is 0 Å². The molecule has 0 saturated heterocycles. The van der Waals surface area contributed by atoms with E-state index in [9.17, 15) is 14.4 Å². The summed E-state index contributed by atoms with van der Waals surface area (Å²) in [5.74, 6) is -0.761. The predicted molar refractivity (Wildman–Crippen MR) is 117 cm³/mol. The fourth-order valence-electron chi connectivity index (χ4n) is 2.56. The second kappa shape index (κ2) is 18.3. The summed E-state index contributed by atoms with van der Waals surface area (Å²) < 4.78 is 17.3. The molecule has 0 amide bonds. The van der Waals surface area contributed by atoms with Crippen LogP contribution in [0.1, 0.15) is 78.6 Å². The number of carbonyl (C=O) groups excluding carboxylic acids is 3. The summed E-state index contributed by atoms with van der Waals surface area (Å²) in [6.45, 7) is 7.38. The van der Waals surface area contributed by atoms with Gasteiger partial charge in [0.25, 0.3) is 0 Å². The van der Waals surface area contributed by atoms with Crippen LogP contribution in [-0.4, -0.2) is 55.0 Å². The molecule has 0 aromatic carbocycles. The van der Waals surface area contributed by atoms with E-state index in [0.717, 1.165) is 38.5 Å². The molecule has 0 saturated carbocycles. The van der Waals surface area contributed by atoms with Crippen LogP contribution in [0.3, 0.4) is 0 Å². The number of hydrogen-bond donors (Lipinski definition) is 0. The summed E-state index contributed by atoms with van der Waals surface area (Å²) in [4.78, 5) is 35.9. The van der Waals surface area contributed by atoms with Crippen LogP contribution in [0.2, 0.25) is 13.3 Å². The molecular formula is C21H39ClO6Sn. The number of halogens is 1. The first-order valence-corrected chi connectivity index (χ1v) is 20.7. The summed E-state index contributed by atoms with van der Waals surface area (Å²) >= 11 is -3.36. The zero-order valence-corrected chi connectivity index (χ0v) is 22.0. The van der Waals surface area contributed by atoms with Gasteiger partial charge in [-0.3, -0.25) is 0 Å². The number of ether oxygens (including phenoxy) is 3. The molecule has 0 aliphatic rings. The van der Waals surface area contributed by atoms with E-state index in [1.165, 1.54) is 0 Å². The van der Waals surface area contributed by atoms with Gasteiger partial charge in [-0.15, -0.1) is 0 Å². The van der Waals surface area contributed by atoms with Crippen LogP contribution in [0.5, 0.6) is 0 Å². The van der Waals surface area contributed by atoms with Gasteiger partial charge in [-0.05, 0) is 0 Å². The van der Waals surface area contributed by atoms with Crippen molar-refractivity contribution >= 4 is 44.1 Å². The monoisotopic (exact) mass is 542 g/mol. The molecule has 0 N–H and O–H groups in total. The van der Waals surface area contributed by atoms with Crippen molar-refractivity contribution in [3.8, 4) is 0 Å². The number of carbonyl (C=O) groups is 3. The van der Waals surface area contributed by atoms with E-state index in [4.69, 9.17) is 23.1 Å². The maximum atomic E-state index is 12.0. The summed E-state index contributed by atoms with van der Waals surface area (Å²) in [5, 5.41) is 0. The molecule has 0 rings (SSSR count). The van der Waals surface area contributed by atoms with Crippen molar-refractivity contribution < 1.29 is 28.6 Å². The molecule has 0 radical (unpaired) electrons. The van der Waals surface area contributed by atoms with Crippen molar-refractivity contribution in [2.24, 2.45) is 0 Å². The van der Waals surface area contributed by atoms with E-state index in [-0.39, 0.29) is 37.2 Å². The second-order valence-electron chi connectivity index (χ2n) is 7.37. The van der Waals surface area contributed by atoms with E-state index < -0.39 is 17.3 Å². The summed E-state index contributed by atoms with van der Waals surface area (Å²) in [6.07, 6.45) is 6.17. The van der Waals surface area contributed by atoms with Gasteiger partial charge >= 0.3 is 184 Å². The number of rotatable bonds is 18. The number of unbranched alkanes of at least 4 members (excludes halogenated alkanes) is 3. The first-order chi connectivity index (χ1) is 13.9. The minimum absolute atomic E-state index is 0.249. The van der Waals surface area contributed by atoms with Gasteiger partial charge < -0.3 is 0 Å². The SMILES string of the molecule is CCCCOC(=O)C[CH2][Sn]([Cl])([CH2]CC(=O)OCCCC)[CH2]CC(=O)OCCCC. The summed E-state index contributed by atoms with van der Waals surface area (Å²) in [7, 11) is 6.94. The average molecular weight is 542 g/mol. The van der Waals surface area contributed by atoms with Crippen molar-refractivity contribution in [2.75, 3.05) is 19.8 Å². The molecule has 29 heavy (non-hydrogen) atoms. The molecule has 6 nitrogen and oxygen atoms in total. The number of hydrogen-bond acceptors (Lipinski definition) is 6. The van der Waals surface area contributed by atoms with Gasteiger partial charge in [0.2, 0.25) is 0 Å². The van der Waals surface area contributed by atoms with E-state index in [1.54, 1.807) is 0 Å². The quantitative estimate of drug-likeness (QED) is 0.100. The van der Waals surface area contributed by atoms with Gasteiger partial charge in [0, 0.05) is 0 Å². The van der Waals surface area contributed by atoms with Crippen molar-refractivity contribution in [3.63, 3.8) is 0 Å². The van der Waals surface area contributed by atoms with Gasteiger partial charge in [0.15, 0.2) is 0 Å². The standard InChI is InChI=1S/3C7H13O2.ClH.Sn/c3*1-3-5-6-9-7(8)4-2;;/h3*2-6H2,1H3;1H;/q;;;;+1/p-1. The van der Waals surface area contributed by atoms with E-state index in [2.05, 4.69) is 0 Å². The molecule has 0 atom stereocenters. The zero-order chi connectivity index (χ0) is 22.0. The van der Waals surface area contributed by atoms with Gasteiger partial charge in [-0.25, -0.2) is 0 Å². The molecule has 0 unspecified atom stereocenters.